The van der Waals surface area contributed by atoms with E-state index in [4.69, 9.17) is 10.7 Å². The van der Waals surface area contributed by atoms with Gasteiger partial charge in [-0.3, -0.25) is 9.98 Å². The number of aromatic nitrogens is 2. The molecule has 3 heterocycles. The fraction of sp³-hybridized carbons (Fsp3) is 0.474. The number of thioether (sulfide) groups is 1. The summed E-state index contributed by atoms with van der Waals surface area (Å²) in [6.45, 7) is 11.2. The molecule has 1 aliphatic heterocycles. The molecule has 266 valence electrons. The zero-order valence-electron chi connectivity index (χ0n) is 30.2. The Morgan fingerprint density at radius 3 is 2.53 bits per heavy atom. The second kappa shape index (κ2) is 20.0. The maximum Gasteiger partial charge on any atom is 0.174 e. The second-order valence-corrected chi connectivity index (χ2v) is 13.8. The number of aliphatic hydroxyl groups excluding tert-OH is 1. The van der Waals surface area contributed by atoms with Crippen LogP contribution in [-0.2, 0) is 5.66 Å². The van der Waals surface area contributed by atoms with Crippen molar-refractivity contribution in [3.63, 3.8) is 0 Å². The van der Waals surface area contributed by atoms with Crippen LogP contribution in [0.4, 0.5) is 4.39 Å². The van der Waals surface area contributed by atoms with Crippen LogP contribution in [0.15, 0.2) is 91.4 Å². The Hall–Kier alpha value is -3.80. The largest absolute Gasteiger partial charge is 0.389 e. The first-order valence-corrected chi connectivity index (χ1v) is 18.0. The number of hydrogen-bond acceptors (Lipinski definition) is 8. The molecule has 2 atom stereocenters. The summed E-state index contributed by atoms with van der Waals surface area (Å²) in [7, 11) is 6.15. The Balaban J connectivity index is 0.000000323. The number of halogens is 1. The Bertz CT molecular complexity index is 1590. The van der Waals surface area contributed by atoms with Gasteiger partial charge < -0.3 is 30.6 Å². The number of aliphatic imine (C=N–C) groups is 3. The summed E-state index contributed by atoms with van der Waals surface area (Å²) in [5, 5.41) is 10.0. The molecule has 1 saturated heterocycles. The van der Waals surface area contributed by atoms with Crippen molar-refractivity contribution in [3.05, 3.63) is 82.9 Å². The minimum absolute atomic E-state index is 0.330. The van der Waals surface area contributed by atoms with Gasteiger partial charge in [0.25, 0.3) is 0 Å². The van der Waals surface area contributed by atoms with Crippen LogP contribution < -0.4 is 5.73 Å². The molecule has 11 heteroatoms. The number of nitrogens with zero attached hydrogens (tertiary/aromatic N) is 6. The Morgan fingerprint density at radius 1 is 1.20 bits per heavy atom. The maximum absolute atomic E-state index is 13.5. The number of likely N-dealkylation sites (N-methyl/N-ethyl adjacent to an activating group) is 1. The summed E-state index contributed by atoms with van der Waals surface area (Å²) in [4.78, 5) is 27.6. The lowest BCUT2D eigenvalue weighted by atomic mass is 9.97. The highest BCUT2D eigenvalue weighted by Gasteiger charge is 2.25. The molecule has 9 nitrogen and oxygen atoms in total. The van der Waals surface area contributed by atoms with Crippen molar-refractivity contribution in [2.24, 2.45) is 26.6 Å². The van der Waals surface area contributed by atoms with E-state index in [-0.39, 0.29) is 5.82 Å². The van der Waals surface area contributed by atoms with Gasteiger partial charge in [0.15, 0.2) is 5.66 Å². The van der Waals surface area contributed by atoms with E-state index in [1.54, 1.807) is 37.5 Å². The zero-order chi connectivity index (χ0) is 35.8. The fourth-order valence-corrected chi connectivity index (χ4v) is 6.62. The van der Waals surface area contributed by atoms with Crippen LogP contribution in [-0.4, -0.2) is 90.0 Å². The Morgan fingerprint density at radius 2 is 1.92 bits per heavy atom. The van der Waals surface area contributed by atoms with Crippen molar-refractivity contribution in [3.8, 4) is 0 Å². The number of aliphatic hydroxyl groups is 1. The summed E-state index contributed by atoms with van der Waals surface area (Å²) >= 11 is 1.46. The summed E-state index contributed by atoms with van der Waals surface area (Å²) < 4.78 is 13.5. The first-order chi connectivity index (χ1) is 23.5. The molecule has 3 aromatic rings. The highest BCUT2D eigenvalue weighted by Crippen LogP contribution is 2.33. The number of amidine groups is 1. The number of H-pyrrole nitrogens is 1. The number of likely N-dealkylation sites (tertiary alicyclic amines) is 1. The topological polar surface area (TPSA) is 118 Å². The van der Waals surface area contributed by atoms with E-state index in [0.29, 0.717) is 23.7 Å². The summed E-state index contributed by atoms with van der Waals surface area (Å²) in [6, 6.07) is 9.90. The Kier molecular flexibility index (Phi) is 16.2. The van der Waals surface area contributed by atoms with Gasteiger partial charge in [0, 0.05) is 79.0 Å². The van der Waals surface area contributed by atoms with Crippen molar-refractivity contribution in [1.29, 1.82) is 0 Å². The van der Waals surface area contributed by atoms with E-state index < -0.39 is 11.8 Å². The average molecular weight is 691 g/mol. The lowest BCUT2D eigenvalue weighted by molar-refractivity contribution is 0.240. The number of rotatable bonds is 14. The highest BCUT2D eigenvalue weighted by atomic mass is 32.2. The van der Waals surface area contributed by atoms with Crippen LogP contribution in [0, 0.1) is 11.7 Å². The molecule has 2 aromatic heterocycles. The predicted octanol–water partition coefficient (Wildman–Crippen LogP) is 7.41. The normalized spacial score (nSPS) is 17.2. The van der Waals surface area contributed by atoms with E-state index in [0.717, 1.165) is 40.2 Å². The van der Waals surface area contributed by atoms with Gasteiger partial charge in [-0.2, -0.15) is 0 Å². The summed E-state index contributed by atoms with van der Waals surface area (Å²) in [6.07, 6.45) is 15.9. The molecule has 4 rings (SSSR count). The van der Waals surface area contributed by atoms with E-state index in [1.165, 1.54) is 55.5 Å². The van der Waals surface area contributed by atoms with Crippen molar-refractivity contribution in [2.75, 3.05) is 40.8 Å². The van der Waals surface area contributed by atoms with Crippen LogP contribution in [0.3, 0.4) is 0 Å². The lowest BCUT2D eigenvalue weighted by Gasteiger charge is -2.35. The van der Waals surface area contributed by atoms with Gasteiger partial charge in [0.1, 0.15) is 5.82 Å². The van der Waals surface area contributed by atoms with E-state index in [2.05, 4.69) is 63.1 Å². The molecule has 1 aliphatic rings. The molecule has 0 spiro atoms. The number of allylic oxidation sites excluding steroid dienone is 2. The van der Waals surface area contributed by atoms with Crippen molar-refractivity contribution < 1.29 is 9.50 Å². The average Bonchev–Trinajstić information content (AvgIpc) is 3.54. The van der Waals surface area contributed by atoms with Gasteiger partial charge in [-0.05, 0) is 89.9 Å². The molecule has 0 bridgehead atoms. The van der Waals surface area contributed by atoms with Gasteiger partial charge in [-0.15, -0.1) is 0 Å². The standard InChI is InChI=1S/C24H28FN5OS.C14H27N3/c1-4-5-22(26)30-24(3,17-6-8-18(25)9-7-17)29-15-19(14-16(2)31)32-21-11-13-27-20-10-12-28-23(20)21;1-5-6-14(12-16(3)4)17-9-7-13(8-10-17)11-15-2/h6-16,28,31H,4-5H2,1-3H3,(H2,26,30);6,11,13H,5,7-10,12H2,1-4H3/b19-14+,29-15-;14-6-,15-11?. The third-order valence-electron chi connectivity index (χ3n) is 7.97. The van der Waals surface area contributed by atoms with Crippen LogP contribution in [0.5, 0.6) is 0 Å². The quantitative estimate of drug-likeness (QED) is 0.0921. The van der Waals surface area contributed by atoms with Crippen molar-refractivity contribution in [2.45, 2.75) is 76.5 Å². The monoisotopic (exact) mass is 690 g/mol. The number of nitrogens with two attached hydrogens (primary N) is 1. The third kappa shape index (κ3) is 12.9. The molecule has 49 heavy (non-hydrogen) atoms. The molecule has 2 unspecified atom stereocenters. The summed E-state index contributed by atoms with van der Waals surface area (Å²) in [5.41, 5.74) is 9.07. The first-order valence-electron chi connectivity index (χ1n) is 17.1. The third-order valence-corrected chi connectivity index (χ3v) is 9.01. The second-order valence-electron chi connectivity index (χ2n) is 12.7. The van der Waals surface area contributed by atoms with Gasteiger partial charge in [0.2, 0.25) is 0 Å². The van der Waals surface area contributed by atoms with Gasteiger partial charge in [0.05, 0.1) is 23.0 Å². The van der Waals surface area contributed by atoms with Crippen LogP contribution >= 0.6 is 11.8 Å². The molecule has 1 fully saturated rings. The molecule has 0 radical (unpaired) electrons. The van der Waals surface area contributed by atoms with E-state index in [9.17, 15) is 9.50 Å². The molecular formula is C38H55FN8OS. The predicted molar refractivity (Wildman–Crippen MR) is 206 cm³/mol. The zero-order valence-corrected chi connectivity index (χ0v) is 31.1. The van der Waals surface area contributed by atoms with Crippen molar-refractivity contribution in [1.82, 2.24) is 19.8 Å². The molecule has 0 saturated carbocycles. The molecule has 0 amide bonds. The van der Waals surface area contributed by atoms with Crippen molar-refractivity contribution >= 4 is 41.1 Å². The lowest BCUT2D eigenvalue weighted by Crippen LogP contribution is -2.36. The number of benzene rings is 1. The fourth-order valence-electron chi connectivity index (χ4n) is 5.60. The number of aromatic amines is 1. The first kappa shape index (κ1) is 39.6. The highest BCUT2D eigenvalue weighted by molar-refractivity contribution is 8.04. The SMILES string of the molecule is CC/C=C(/CN(C)C)N1CCC(C=NC)CC1.CCC/C(N)=N\C(C)(/N=C\C(=C/C(C)O)Sc1ccnc2cc[nH]c12)c1ccc(F)cc1. The minimum Gasteiger partial charge on any atom is -0.389 e. The summed E-state index contributed by atoms with van der Waals surface area (Å²) in [5.74, 6) is 0.842. The number of pyridine rings is 1. The van der Waals surface area contributed by atoms with Crippen LogP contribution in [0.2, 0.25) is 0 Å². The molecule has 0 aliphatic carbocycles. The van der Waals surface area contributed by atoms with Crippen LogP contribution in [0.1, 0.15) is 65.4 Å². The van der Waals surface area contributed by atoms with Gasteiger partial charge in [-0.1, -0.05) is 43.8 Å². The van der Waals surface area contributed by atoms with Crippen LogP contribution in [0.25, 0.3) is 11.0 Å². The number of nitrogens with one attached hydrogen (secondary N) is 1. The van der Waals surface area contributed by atoms with Gasteiger partial charge in [-0.25, -0.2) is 9.38 Å². The van der Waals surface area contributed by atoms with E-state index >= 15 is 0 Å². The number of fused-ring (bicyclic) bond motifs is 1. The molecule has 4 N–H and O–H groups in total. The van der Waals surface area contributed by atoms with Gasteiger partial charge >= 0.3 is 0 Å². The maximum atomic E-state index is 13.5. The molecular weight excluding hydrogens is 636 g/mol. The molecule has 1 aromatic carbocycles. The Labute approximate surface area is 296 Å². The smallest absolute Gasteiger partial charge is 0.174 e. The number of hydrogen-bond donors (Lipinski definition) is 3. The van der Waals surface area contributed by atoms with E-state index in [1.807, 2.05) is 39.2 Å². The minimum atomic E-state index is -1.04. The number of piperidine rings is 1.